The summed E-state index contributed by atoms with van der Waals surface area (Å²) >= 11 is 0. The van der Waals surface area contributed by atoms with Crippen molar-refractivity contribution in [2.75, 3.05) is 7.11 Å². The summed E-state index contributed by atoms with van der Waals surface area (Å²) in [6, 6.07) is 10.2. The van der Waals surface area contributed by atoms with E-state index in [1.54, 1.807) is 56.0 Å². The number of ether oxygens (including phenoxy) is 2. The Kier molecular flexibility index (Phi) is 6.49. The SMILES string of the molecule is COc1ccc(/C=C/C(=O)c2cn(C)nc2C)cc1COc1ccc(C)cc1[N+](=O)[O-]. The highest BCUT2D eigenvalue weighted by molar-refractivity contribution is 6.07. The summed E-state index contributed by atoms with van der Waals surface area (Å²) in [7, 11) is 3.30. The number of nitrogens with zero attached hydrogens (tertiary/aromatic N) is 3. The van der Waals surface area contributed by atoms with Gasteiger partial charge in [0.05, 0.1) is 23.3 Å². The number of rotatable bonds is 8. The molecule has 0 spiro atoms. The van der Waals surface area contributed by atoms with Crippen molar-refractivity contribution in [1.29, 1.82) is 0 Å². The van der Waals surface area contributed by atoms with Crippen LogP contribution in [0.4, 0.5) is 5.69 Å². The van der Waals surface area contributed by atoms with Gasteiger partial charge in [-0.2, -0.15) is 5.10 Å². The number of ketones is 1. The largest absolute Gasteiger partial charge is 0.496 e. The topological polar surface area (TPSA) is 96.5 Å². The summed E-state index contributed by atoms with van der Waals surface area (Å²) in [5.74, 6) is 0.622. The van der Waals surface area contributed by atoms with Crippen LogP contribution in [0.2, 0.25) is 0 Å². The van der Waals surface area contributed by atoms with E-state index in [1.165, 1.54) is 19.3 Å². The number of nitro groups is 1. The Labute approximate surface area is 179 Å². The zero-order valence-electron chi connectivity index (χ0n) is 17.8. The highest BCUT2D eigenvalue weighted by Gasteiger charge is 2.16. The molecule has 3 rings (SSSR count). The quantitative estimate of drug-likeness (QED) is 0.231. The molecule has 0 radical (unpaired) electrons. The molecular weight excluding hydrogens is 398 g/mol. The number of aromatic nitrogens is 2. The minimum absolute atomic E-state index is 0.0738. The minimum atomic E-state index is -0.467. The highest BCUT2D eigenvalue weighted by Crippen LogP contribution is 2.30. The Hall–Kier alpha value is -3.94. The van der Waals surface area contributed by atoms with Crippen molar-refractivity contribution in [2.24, 2.45) is 7.05 Å². The van der Waals surface area contributed by atoms with Crippen LogP contribution in [0.25, 0.3) is 6.08 Å². The van der Waals surface area contributed by atoms with Crippen molar-refractivity contribution in [3.05, 3.63) is 86.7 Å². The van der Waals surface area contributed by atoms with Crippen LogP contribution in [0, 0.1) is 24.0 Å². The van der Waals surface area contributed by atoms with Gasteiger partial charge in [-0.05, 0) is 49.2 Å². The molecule has 0 bridgehead atoms. The lowest BCUT2D eigenvalue weighted by molar-refractivity contribution is -0.386. The predicted octanol–water partition coefficient (Wildman–Crippen LogP) is 4.43. The lowest BCUT2D eigenvalue weighted by atomic mass is 10.1. The molecule has 0 N–H and O–H groups in total. The predicted molar refractivity (Wildman–Crippen MR) is 116 cm³/mol. The lowest BCUT2D eigenvalue weighted by Gasteiger charge is -2.11. The average molecular weight is 421 g/mol. The fraction of sp³-hybridized carbons (Fsp3) is 0.217. The first-order chi connectivity index (χ1) is 14.8. The molecule has 8 nitrogen and oxygen atoms in total. The van der Waals surface area contributed by atoms with Gasteiger partial charge in [-0.15, -0.1) is 0 Å². The summed E-state index contributed by atoms with van der Waals surface area (Å²) in [5.41, 5.74) is 3.37. The number of hydrogen-bond acceptors (Lipinski definition) is 6. The highest BCUT2D eigenvalue weighted by atomic mass is 16.6. The number of nitro benzene ring substituents is 1. The van der Waals surface area contributed by atoms with E-state index in [1.807, 2.05) is 12.1 Å². The van der Waals surface area contributed by atoms with Gasteiger partial charge < -0.3 is 9.47 Å². The molecule has 0 unspecified atom stereocenters. The molecular formula is C23H23N3O5. The Morgan fingerprint density at radius 2 is 1.94 bits per heavy atom. The number of aryl methyl sites for hydroxylation is 3. The van der Waals surface area contributed by atoms with Crippen molar-refractivity contribution < 1.29 is 19.2 Å². The zero-order chi connectivity index (χ0) is 22.5. The van der Waals surface area contributed by atoms with Gasteiger partial charge in [0.15, 0.2) is 11.5 Å². The van der Waals surface area contributed by atoms with Crippen LogP contribution < -0.4 is 9.47 Å². The van der Waals surface area contributed by atoms with E-state index in [2.05, 4.69) is 5.10 Å². The first-order valence-corrected chi connectivity index (χ1v) is 9.56. The van der Waals surface area contributed by atoms with Gasteiger partial charge in [-0.1, -0.05) is 18.2 Å². The molecule has 0 saturated carbocycles. The molecule has 3 aromatic rings. The standard InChI is InChI=1S/C23H23N3O5/c1-15-5-9-23(20(11-15)26(28)29)31-14-18-12-17(7-10-22(18)30-4)6-8-21(27)19-13-25(3)24-16(19)2/h5-13H,14H2,1-4H3/b8-6+. The lowest BCUT2D eigenvalue weighted by Crippen LogP contribution is -2.02. The molecule has 8 heteroatoms. The van der Waals surface area contributed by atoms with Crippen LogP contribution in [0.15, 0.2) is 48.7 Å². The van der Waals surface area contributed by atoms with E-state index in [9.17, 15) is 14.9 Å². The van der Waals surface area contributed by atoms with Crippen LogP contribution in [0.3, 0.4) is 0 Å². The molecule has 0 fully saturated rings. The molecule has 0 amide bonds. The first-order valence-electron chi connectivity index (χ1n) is 9.56. The van der Waals surface area contributed by atoms with Crippen LogP contribution in [0.1, 0.15) is 32.7 Å². The van der Waals surface area contributed by atoms with Crippen molar-refractivity contribution in [3.8, 4) is 11.5 Å². The molecule has 31 heavy (non-hydrogen) atoms. The van der Waals surface area contributed by atoms with Gasteiger partial charge >= 0.3 is 5.69 Å². The molecule has 1 aromatic heterocycles. The van der Waals surface area contributed by atoms with Crippen molar-refractivity contribution >= 4 is 17.5 Å². The van der Waals surface area contributed by atoms with E-state index >= 15 is 0 Å². The van der Waals surface area contributed by atoms with Crippen molar-refractivity contribution in [1.82, 2.24) is 9.78 Å². The van der Waals surface area contributed by atoms with Gasteiger partial charge in [0.2, 0.25) is 0 Å². The summed E-state index contributed by atoms with van der Waals surface area (Å²) in [6.07, 6.45) is 4.87. The summed E-state index contributed by atoms with van der Waals surface area (Å²) in [4.78, 5) is 23.3. The monoisotopic (exact) mass is 421 g/mol. The van der Waals surface area contributed by atoms with Crippen LogP contribution >= 0.6 is 0 Å². The summed E-state index contributed by atoms with van der Waals surface area (Å²) in [5, 5.41) is 15.5. The van der Waals surface area contributed by atoms with Crippen LogP contribution in [0.5, 0.6) is 11.5 Å². The molecule has 0 aliphatic rings. The minimum Gasteiger partial charge on any atom is -0.496 e. The molecule has 1 heterocycles. The first kappa shape index (κ1) is 21.8. The Morgan fingerprint density at radius 3 is 2.58 bits per heavy atom. The average Bonchev–Trinajstić information content (AvgIpc) is 3.09. The Balaban J connectivity index is 1.80. The fourth-order valence-corrected chi connectivity index (χ4v) is 3.17. The molecule has 0 saturated heterocycles. The number of allylic oxidation sites excluding steroid dienone is 1. The second-order valence-electron chi connectivity index (χ2n) is 7.09. The van der Waals surface area contributed by atoms with Crippen LogP contribution in [-0.2, 0) is 13.7 Å². The second-order valence-corrected chi connectivity index (χ2v) is 7.09. The van der Waals surface area contributed by atoms with Crippen molar-refractivity contribution in [2.45, 2.75) is 20.5 Å². The smallest absolute Gasteiger partial charge is 0.311 e. The van der Waals surface area contributed by atoms with Gasteiger partial charge in [0.25, 0.3) is 0 Å². The van der Waals surface area contributed by atoms with E-state index < -0.39 is 4.92 Å². The third-order valence-corrected chi connectivity index (χ3v) is 4.70. The number of benzene rings is 2. The van der Waals surface area contributed by atoms with E-state index in [0.29, 0.717) is 22.6 Å². The number of methoxy groups -OCH3 is 1. The second kappa shape index (κ2) is 9.25. The van der Waals surface area contributed by atoms with Gasteiger partial charge in [-0.25, -0.2) is 0 Å². The third kappa shape index (κ3) is 5.16. The number of hydrogen-bond donors (Lipinski definition) is 0. The maximum absolute atomic E-state index is 12.4. The summed E-state index contributed by atoms with van der Waals surface area (Å²) in [6.45, 7) is 3.64. The maximum Gasteiger partial charge on any atom is 0.311 e. The molecule has 0 aliphatic carbocycles. The fourth-order valence-electron chi connectivity index (χ4n) is 3.17. The van der Waals surface area contributed by atoms with Gasteiger partial charge in [0, 0.05) is 24.9 Å². The van der Waals surface area contributed by atoms with Gasteiger partial charge in [-0.3, -0.25) is 19.6 Å². The van der Waals surface area contributed by atoms with Crippen molar-refractivity contribution in [3.63, 3.8) is 0 Å². The normalized spacial score (nSPS) is 11.0. The van der Waals surface area contributed by atoms with E-state index in [0.717, 1.165) is 11.1 Å². The van der Waals surface area contributed by atoms with Crippen LogP contribution in [-0.4, -0.2) is 27.6 Å². The Morgan fingerprint density at radius 1 is 1.19 bits per heavy atom. The number of carbonyl (C=O) groups is 1. The molecule has 0 aliphatic heterocycles. The molecule has 2 aromatic carbocycles. The maximum atomic E-state index is 12.4. The molecule has 0 atom stereocenters. The summed E-state index contributed by atoms with van der Waals surface area (Å²) < 4.78 is 12.7. The van der Waals surface area contributed by atoms with E-state index in [-0.39, 0.29) is 23.8 Å². The number of carbonyl (C=O) groups excluding carboxylic acids is 1. The third-order valence-electron chi connectivity index (χ3n) is 4.70. The Bertz CT molecular complexity index is 1160. The van der Waals surface area contributed by atoms with Gasteiger partial charge in [0.1, 0.15) is 12.4 Å². The van der Waals surface area contributed by atoms with E-state index in [4.69, 9.17) is 9.47 Å². The molecule has 160 valence electrons. The zero-order valence-corrected chi connectivity index (χ0v) is 17.8.